The Morgan fingerprint density at radius 2 is 2.17 bits per heavy atom. The molecule has 0 saturated carbocycles. The summed E-state index contributed by atoms with van der Waals surface area (Å²) in [4.78, 5) is 3.95. The second-order valence-corrected chi connectivity index (χ2v) is 6.64. The summed E-state index contributed by atoms with van der Waals surface area (Å²) in [6, 6.07) is 3.67. The Labute approximate surface area is 108 Å². The average molecular weight is 269 g/mol. The van der Waals surface area contributed by atoms with Crippen LogP contribution in [-0.2, 0) is 15.8 Å². The lowest BCUT2D eigenvalue weighted by atomic mass is 10.1. The van der Waals surface area contributed by atoms with E-state index in [1.54, 1.807) is 31.6 Å². The zero-order chi connectivity index (χ0) is 13.0. The first kappa shape index (κ1) is 13.5. The lowest BCUT2D eigenvalue weighted by Crippen LogP contribution is -2.44. The molecule has 2 rings (SSSR count). The fraction of sp³-hybridized carbons (Fsp3) is 0.583. The average Bonchev–Trinajstić information content (AvgIpc) is 2.39. The standard InChI is InChI=1S/C12H19N3O2S/c1-15(12-4-7-13-8-5-12)18(16,17)10-11-3-2-6-14-9-11/h2-3,6,9,12-13H,4-5,7-8,10H2,1H3. The summed E-state index contributed by atoms with van der Waals surface area (Å²) in [5, 5.41) is 3.24. The van der Waals surface area contributed by atoms with Crippen LogP contribution in [0.3, 0.4) is 0 Å². The number of aromatic nitrogens is 1. The predicted octanol–water partition coefficient (Wildman–Crippen LogP) is 0.595. The van der Waals surface area contributed by atoms with Gasteiger partial charge in [0.05, 0.1) is 5.75 Å². The topological polar surface area (TPSA) is 62.3 Å². The van der Waals surface area contributed by atoms with Crippen LogP contribution in [0.5, 0.6) is 0 Å². The van der Waals surface area contributed by atoms with E-state index in [0.29, 0.717) is 0 Å². The number of hydrogen-bond acceptors (Lipinski definition) is 4. The first-order valence-corrected chi connectivity index (χ1v) is 7.76. The number of rotatable bonds is 4. The summed E-state index contributed by atoms with van der Waals surface area (Å²) in [7, 11) is -1.57. The van der Waals surface area contributed by atoms with Crippen LogP contribution < -0.4 is 5.32 Å². The van der Waals surface area contributed by atoms with Crippen molar-refractivity contribution in [2.75, 3.05) is 20.1 Å². The molecular weight excluding hydrogens is 250 g/mol. The van der Waals surface area contributed by atoms with E-state index in [9.17, 15) is 8.42 Å². The minimum atomic E-state index is -3.25. The Morgan fingerprint density at radius 3 is 2.78 bits per heavy atom. The maximum Gasteiger partial charge on any atom is 0.218 e. The third-order valence-electron chi connectivity index (χ3n) is 3.33. The molecule has 0 atom stereocenters. The van der Waals surface area contributed by atoms with Crippen molar-refractivity contribution in [3.8, 4) is 0 Å². The quantitative estimate of drug-likeness (QED) is 0.869. The van der Waals surface area contributed by atoms with Gasteiger partial charge in [-0.25, -0.2) is 12.7 Å². The van der Waals surface area contributed by atoms with Gasteiger partial charge in [-0.2, -0.15) is 0 Å². The van der Waals surface area contributed by atoms with Gasteiger partial charge >= 0.3 is 0 Å². The lowest BCUT2D eigenvalue weighted by Gasteiger charge is -2.30. The minimum Gasteiger partial charge on any atom is -0.317 e. The summed E-state index contributed by atoms with van der Waals surface area (Å²) >= 11 is 0. The van der Waals surface area contributed by atoms with Gasteiger partial charge < -0.3 is 5.32 Å². The van der Waals surface area contributed by atoms with Crippen LogP contribution in [0.1, 0.15) is 18.4 Å². The lowest BCUT2D eigenvalue weighted by molar-refractivity contribution is 0.296. The third kappa shape index (κ3) is 3.28. The SMILES string of the molecule is CN(C1CCNCC1)S(=O)(=O)Cc1cccnc1. The van der Waals surface area contributed by atoms with Crippen molar-refractivity contribution in [3.63, 3.8) is 0 Å². The van der Waals surface area contributed by atoms with Crippen molar-refractivity contribution in [3.05, 3.63) is 30.1 Å². The van der Waals surface area contributed by atoms with E-state index in [1.807, 2.05) is 0 Å². The fourth-order valence-electron chi connectivity index (χ4n) is 2.19. The highest BCUT2D eigenvalue weighted by atomic mass is 32.2. The molecule has 18 heavy (non-hydrogen) atoms. The smallest absolute Gasteiger partial charge is 0.218 e. The number of nitrogens with zero attached hydrogens (tertiary/aromatic N) is 2. The summed E-state index contributed by atoms with van der Waals surface area (Å²) in [5.41, 5.74) is 0.735. The molecule has 2 heterocycles. The van der Waals surface area contributed by atoms with Crippen molar-refractivity contribution in [2.45, 2.75) is 24.6 Å². The Hall–Kier alpha value is -0.980. The van der Waals surface area contributed by atoms with E-state index >= 15 is 0 Å². The van der Waals surface area contributed by atoms with E-state index in [2.05, 4.69) is 10.3 Å². The number of hydrogen-bond donors (Lipinski definition) is 1. The highest BCUT2D eigenvalue weighted by molar-refractivity contribution is 7.88. The molecule has 0 spiro atoms. The van der Waals surface area contributed by atoms with Gasteiger partial charge in [-0.1, -0.05) is 6.07 Å². The predicted molar refractivity (Wildman–Crippen MR) is 70.5 cm³/mol. The number of pyridine rings is 1. The van der Waals surface area contributed by atoms with Gasteiger partial charge in [0.1, 0.15) is 0 Å². The van der Waals surface area contributed by atoms with Gasteiger partial charge in [-0.3, -0.25) is 4.98 Å². The molecule has 0 aromatic carbocycles. The van der Waals surface area contributed by atoms with Crippen LogP contribution in [0.25, 0.3) is 0 Å². The molecule has 1 fully saturated rings. The molecule has 1 saturated heterocycles. The van der Waals surface area contributed by atoms with E-state index in [-0.39, 0.29) is 11.8 Å². The monoisotopic (exact) mass is 269 g/mol. The summed E-state index contributed by atoms with van der Waals surface area (Å²) in [5.74, 6) is 0.0290. The van der Waals surface area contributed by atoms with E-state index in [1.165, 1.54) is 4.31 Å². The number of nitrogens with one attached hydrogen (secondary N) is 1. The van der Waals surface area contributed by atoms with E-state index in [4.69, 9.17) is 0 Å². The van der Waals surface area contributed by atoms with Gasteiger partial charge in [0, 0.05) is 25.5 Å². The molecule has 0 aliphatic carbocycles. The first-order valence-electron chi connectivity index (χ1n) is 6.15. The number of sulfonamides is 1. The molecule has 100 valence electrons. The molecule has 1 aromatic heterocycles. The van der Waals surface area contributed by atoms with Crippen molar-refractivity contribution in [1.82, 2.24) is 14.6 Å². The first-order chi connectivity index (χ1) is 8.59. The molecule has 0 radical (unpaired) electrons. The maximum absolute atomic E-state index is 12.3. The summed E-state index contributed by atoms with van der Waals surface area (Å²) < 4.78 is 26.1. The Balaban J connectivity index is 2.05. The van der Waals surface area contributed by atoms with Gasteiger partial charge in [-0.05, 0) is 37.6 Å². The molecule has 6 heteroatoms. The van der Waals surface area contributed by atoms with Gasteiger partial charge in [-0.15, -0.1) is 0 Å². The van der Waals surface area contributed by atoms with Crippen LogP contribution in [-0.4, -0.2) is 43.9 Å². The van der Waals surface area contributed by atoms with Crippen molar-refractivity contribution in [1.29, 1.82) is 0 Å². The molecule has 0 unspecified atom stereocenters. The highest BCUT2D eigenvalue weighted by Gasteiger charge is 2.27. The Kier molecular flexibility index (Phi) is 4.31. The molecule has 0 bridgehead atoms. The molecular formula is C12H19N3O2S. The normalized spacial score (nSPS) is 18.1. The molecule has 1 aliphatic heterocycles. The van der Waals surface area contributed by atoms with E-state index < -0.39 is 10.0 Å². The van der Waals surface area contributed by atoms with Crippen LogP contribution in [0, 0.1) is 0 Å². The molecule has 1 aliphatic rings. The Bertz CT molecular complexity index is 469. The van der Waals surface area contributed by atoms with Gasteiger partial charge in [0.25, 0.3) is 0 Å². The molecule has 1 aromatic rings. The molecule has 5 nitrogen and oxygen atoms in total. The van der Waals surface area contributed by atoms with Crippen LogP contribution in [0.2, 0.25) is 0 Å². The summed E-state index contributed by atoms with van der Waals surface area (Å²) in [6.07, 6.45) is 5.01. The summed E-state index contributed by atoms with van der Waals surface area (Å²) in [6.45, 7) is 1.77. The minimum absolute atomic E-state index is 0.0290. The van der Waals surface area contributed by atoms with Gasteiger partial charge in [0.2, 0.25) is 10.0 Å². The largest absolute Gasteiger partial charge is 0.317 e. The van der Waals surface area contributed by atoms with Crippen LogP contribution >= 0.6 is 0 Å². The van der Waals surface area contributed by atoms with Crippen LogP contribution in [0.15, 0.2) is 24.5 Å². The highest BCUT2D eigenvalue weighted by Crippen LogP contribution is 2.17. The maximum atomic E-state index is 12.3. The van der Waals surface area contributed by atoms with E-state index in [0.717, 1.165) is 31.5 Å². The van der Waals surface area contributed by atoms with Crippen molar-refractivity contribution in [2.24, 2.45) is 0 Å². The fourth-order valence-corrected chi connectivity index (χ4v) is 3.65. The van der Waals surface area contributed by atoms with Crippen LogP contribution in [0.4, 0.5) is 0 Å². The van der Waals surface area contributed by atoms with Crippen molar-refractivity contribution < 1.29 is 8.42 Å². The second kappa shape index (κ2) is 5.77. The second-order valence-electron chi connectivity index (χ2n) is 4.61. The van der Waals surface area contributed by atoms with Crippen molar-refractivity contribution >= 4 is 10.0 Å². The number of piperidine rings is 1. The molecule has 0 amide bonds. The molecule has 1 N–H and O–H groups in total. The Morgan fingerprint density at radius 1 is 1.44 bits per heavy atom. The third-order valence-corrected chi connectivity index (χ3v) is 5.21. The zero-order valence-electron chi connectivity index (χ0n) is 10.5. The zero-order valence-corrected chi connectivity index (χ0v) is 11.4. The van der Waals surface area contributed by atoms with Gasteiger partial charge in [0.15, 0.2) is 0 Å².